The number of amides is 1. The van der Waals surface area contributed by atoms with Gasteiger partial charge in [-0.1, -0.05) is 32.0 Å². The van der Waals surface area contributed by atoms with Gasteiger partial charge >= 0.3 is 0 Å². The van der Waals surface area contributed by atoms with E-state index >= 15 is 0 Å². The van der Waals surface area contributed by atoms with E-state index in [2.05, 4.69) is 30.4 Å². The average Bonchev–Trinajstić information content (AvgIpc) is 2.36. The lowest BCUT2D eigenvalue weighted by molar-refractivity contribution is -0.124. The molecule has 1 aliphatic rings. The first-order chi connectivity index (χ1) is 8.95. The maximum Gasteiger partial charge on any atom is 0.246 e. The Kier molecular flexibility index (Phi) is 3.95. The van der Waals surface area contributed by atoms with Crippen LogP contribution in [0.15, 0.2) is 24.3 Å². The van der Waals surface area contributed by atoms with Crippen molar-refractivity contribution >= 4 is 11.6 Å². The van der Waals surface area contributed by atoms with Crippen molar-refractivity contribution < 1.29 is 4.79 Å². The number of hydrogen-bond acceptors (Lipinski definition) is 2. The van der Waals surface area contributed by atoms with Gasteiger partial charge in [0, 0.05) is 12.2 Å². The van der Waals surface area contributed by atoms with E-state index in [0.29, 0.717) is 5.92 Å². The first kappa shape index (κ1) is 14.1. The van der Waals surface area contributed by atoms with Crippen LogP contribution in [0, 0.1) is 5.92 Å². The van der Waals surface area contributed by atoms with Crippen molar-refractivity contribution in [2.75, 3.05) is 18.0 Å². The Balaban J connectivity index is 2.32. The van der Waals surface area contributed by atoms with Gasteiger partial charge in [0.2, 0.25) is 5.91 Å². The highest BCUT2D eigenvalue weighted by Crippen LogP contribution is 2.30. The summed E-state index contributed by atoms with van der Waals surface area (Å²) in [6.45, 7) is 9.76. The van der Waals surface area contributed by atoms with Crippen LogP contribution in [0.5, 0.6) is 0 Å². The van der Waals surface area contributed by atoms with Crippen LogP contribution in [-0.2, 0) is 11.2 Å². The van der Waals surface area contributed by atoms with Gasteiger partial charge in [-0.2, -0.15) is 0 Å². The van der Waals surface area contributed by atoms with Crippen LogP contribution in [-0.4, -0.2) is 24.5 Å². The van der Waals surface area contributed by atoms with Gasteiger partial charge in [0.1, 0.15) is 0 Å². The molecule has 1 atom stereocenters. The molecule has 1 heterocycles. The Morgan fingerprint density at radius 1 is 1.42 bits per heavy atom. The second-order valence-corrected chi connectivity index (χ2v) is 6.01. The van der Waals surface area contributed by atoms with E-state index in [4.69, 9.17) is 0 Å². The fraction of sp³-hybridized carbons (Fsp3) is 0.562. The molecular weight excluding hydrogens is 236 g/mol. The summed E-state index contributed by atoms with van der Waals surface area (Å²) in [6.07, 6.45) is 1.06. The molecule has 0 radical (unpaired) electrons. The third-order valence-electron chi connectivity index (χ3n) is 3.74. The molecule has 1 N–H and O–H groups in total. The smallest absolute Gasteiger partial charge is 0.246 e. The van der Waals surface area contributed by atoms with E-state index in [1.165, 1.54) is 5.56 Å². The molecule has 2 rings (SSSR count). The fourth-order valence-corrected chi connectivity index (χ4v) is 2.84. The molecule has 0 aromatic heterocycles. The largest absolute Gasteiger partial charge is 0.310 e. The van der Waals surface area contributed by atoms with Gasteiger partial charge in [-0.15, -0.1) is 0 Å². The summed E-state index contributed by atoms with van der Waals surface area (Å²) in [5.74, 6) is 0.671. The number of rotatable bonds is 3. The van der Waals surface area contributed by atoms with E-state index in [-0.39, 0.29) is 5.91 Å². The number of carbonyl (C=O) groups is 1. The van der Waals surface area contributed by atoms with E-state index in [0.717, 1.165) is 25.2 Å². The van der Waals surface area contributed by atoms with Crippen molar-refractivity contribution in [3.8, 4) is 0 Å². The highest BCUT2D eigenvalue weighted by molar-refractivity contribution is 6.00. The number of hydrogen-bond donors (Lipinski definition) is 1. The van der Waals surface area contributed by atoms with Crippen LogP contribution in [0.1, 0.15) is 33.3 Å². The minimum atomic E-state index is -0.515. The Morgan fingerprint density at radius 2 is 2.11 bits per heavy atom. The standard InChI is InChI=1S/C16H24N2O/c1-5-17-16(3,4)15(19)18-11-12(2)10-13-8-6-7-9-14(13)18/h6-9,12,17H,5,10-11H2,1-4H3. The molecule has 1 aliphatic heterocycles. The number of nitrogens with zero attached hydrogens (tertiary/aromatic N) is 1. The lowest BCUT2D eigenvalue weighted by Gasteiger charge is -2.38. The third kappa shape index (κ3) is 2.81. The van der Waals surface area contributed by atoms with Gasteiger partial charge in [-0.3, -0.25) is 4.79 Å². The molecule has 3 heteroatoms. The summed E-state index contributed by atoms with van der Waals surface area (Å²) in [5, 5.41) is 3.27. The minimum Gasteiger partial charge on any atom is -0.310 e. The normalized spacial score (nSPS) is 19.2. The topological polar surface area (TPSA) is 32.3 Å². The Bertz CT molecular complexity index is 468. The van der Waals surface area contributed by atoms with Crippen molar-refractivity contribution in [2.24, 2.45) is 5.92 Å². The van der Waals surface area contributed by atoms with E-state index < -0.39 is 5.54 Å². The number of fused-ring (bicyclic) bond motifs is 1. The number of anilines is 1. The van der Waals surface area contributed by atoms with Gasteiger partial charge in [0.25, 0.3) is 0 Å². The van der Waals surface area contributed by atoms with Crippen LogP contribution in [0.4, 0.5) is 5.69 Å². The van der Waals surface area contributed by atoms with Crippen LogP contribution in [0.2, 0.25) is 0 Å². The quantitative estimate of drug-likeness (QED) is 0.906. The molecule has 0 fully saturated rings. The number of likely N-dealkylation sites (N-methyl/N-ethyl adjacent to an activating group) is 1. The molecular formula is C16H24N2O. The SMILES string of the molecule is CCNC(C)(C)C(=O)N1CC(C)Cc2ccccc21. The molecule has 1 aromatic carbocycles. The highest BCUT2D eigenvalue weighted by atomic mass is 16.2. The predicted molar refractivity (Wildman–Crippen MR) is 79.4 cm³/mol. The number of para-hydroxylation sites is 1. The van der Waals surface area contributed by atoms with Crippen LogP contribution in [0.25, 0.3) is 0 Å². The lowest BCUT2D eigenvalue weighted by atomic mass is 9.92. The summed E-state index contributed by atoms with van der Waals surface area (Å²) >= 11 is 0. The summed E-state index contributed by atoms with van der Waals surface area (Å²) in [4.78, 5) is 14.7. The Morgan fingerprint density at radius 3 is 2.79 bits per heavy atom. The summed E-state index contributed by atoms with van der Waals surface area (Å²) in [6, 6.07) is 8.25. The molecule has 0 spiro atoms. The lowest BCUT2D eigenvalue weighted by Crippen LogP contribution is -2.56. The zero-order valence-electron chi connectivity index (χ0n) is 12.4. The fourth-order valence-electron chi connectivity index (χ4n) is 2.84. The Labute approximate surface area is 116 Å². The molecule has 0 aliphatic carbocycles. The maximum atomic E-state index is 12.8. The van der Waals surface area contributed by atoms with Gasteiger partial charge in [-0.05, 0) is 44.4 Å². The van der Waals surface area contributed by atoms with Crippen molar-refractivity contribution in [2.45, 2.75) is 39.7 Å². The summed E-state index contributed by atoms with van der Waals surface area (Å²) in [5.41, 5.74) is 1.84. The molecule has 104 valence electrons. The molecule has 0 bridgehead atoms. The molecule has 3 nitrogen and oxygen atoms in total. The third-order valence-corrected chi connectivity index (χ3v) is 3.74. The minimum absolute atomic E-state index is 0.161. The second kappa shape index (κ2) is 5.33. The molecule has 0 saturated carbocycles. The summed E-state index contributed by atoms with van der Waals surface area (Å²) in [7, 11) is 0. The highest BCUT2D eigenvalue weighted by Gasteiger charge is 2.35. The zero-order chi connectivity index (χ0) is 14.0. The zero-order valence-corrected chi connectivity index (χ0v) is 12.4. The molecule has 1 aromatic rings. The van der Waals surface area contributed by atoms with Crippen molar-refractivity contribution in [1.82, 2.24) is 5.32 Å². The van der Waals surface area contributed by atoms with Gasteiger partial charge in [-0.25, -0.2) is 0 Å². The number of nitrogens with one attached hydrogen (secondary N) is 1. The van der Waals surface area contributed by atoms with Crippen molar-refractivity contribution in [3.63, 3.8) is 0 Å². The second-order valence-electron chi connectivity index (χ2n) is 6.01. The molecule has 1 unspecified atom stereocenters. The van der Waals surface area contributed by atoms with Gasteiger partial charge in [0.15, 0.2) is 0 Å². The maximum absolute atomic E-state index is 12.8. The van der Waals surface area contributed by atoms with Crippen LogP contribution < -0.4 is 10.2 Å². The number of carbonyl (C=O) groups excluding carboxylic acids is 1. The Hall–Kier alpha value is -1.35. The van der Waals surface area contributed by atoms with Crippen molar-refractivity contribution in [1.29, 1.82) is 0 Å². The van der Waals surface area contributed by atoms with E-state index in [9.17, 15) is 4.79 Å². The van der Waals surface area contributed by atoms with Crippen molar-refractivity contribution in [3.05, 3.63) is 29.8 Å². The van der Waals surface area contributed by atoms with Crippen LogP contribution >= 0.6 is 0 Å². The molecule has 0 saturated heterocycles. The predicted octanol–water partition coefficient (Wildman–Crippen LogP) is 2.60. The monoisotopic (exact) mass is 260 g/mol. The first-order valence-corrected chi connectivity index (χ1v) is 7.10. The van der Waals surface area contributed by atoms with E-state index in [1.54, 1.807) is 0 Å². The van der Waals surface area contributed by atoms with Gasteiger partial charge < -0.3 is 10.2 Å². The van der Waals surface area contributed by atoms with E-state index in [1.807, 2.05) is 31.7 Å². The van der Waals surface area contributed by atoms with Crippen LogP contribution in [0.3, 0.4) is 0 Å². The first-order valence-electron chi connectivity index (χ1n) is 7.10. The number of benzene rings is 1. The van der Waals surface area contributed by atoms with Gasteiger partial charge in [0.05, 0.1) is 5.54 Å². The summed E-state index contributed by atoms with van der Waals surface area (Å²) < 4.78 is 0. The average molecular weight is 260 g/mol. The molecule has 19 heavy (non-hydrogen) atoms. The molecule has 1 amide bonds.